The van der Waals surface area contributed by atoms with Gasteiger partial charge >= 0.3 is 0 Å². The molecule has 0 fully saturated rings. The monoisotopic (exact) mass is 381 g/mol. The number of rotatable bonds is 6. The quantitative estimate of drug-likeness (QED) is 0.588. The molecule has 0 bridgehead atoms. The topological polar surface area (TPSA) is 68.0 Å². The highest BCUT2D eigenvalue weighted by atomic mass is 32.2. The normalized spacial score (nSPS) is 12.2. The van der Waals surface area contributed by atoms with Crippen LogP contribution in [0, 0.1) is 6.92 Å². The van der Waals surface area contributed by atoms with Crippen molar-refractivity contribution in [1.82, 2.24) is 10.2 Å². The summed E-state index contributed by atoms with van der Waals surface area (Å²) in [7, 11) is 0. The molecule has 27 heavy (non-hydrogen) atoms. The van der Waals surface area contributed by atoms with Crippen LogP contribution in [0.3, 0.4) is 0 Å². The maximum Gasteiger partial charge on any atom is 0.277 e. The fourth-order valence-electron chi connectivity index (χ4n) is 2.58. The molecule has 3 rings (SSSR count). The van der Waals surface area contributed by atoms with Gasteiger partial charge < -0.3 is 9.73 Å². The van der Waals surface area contributed by atoms with Gasteiger partial charge in [-0.1, -0.05) is 55.9 Å². The van der Waals surface area contributed by atoms with Crippen LogP contribution >= 0.6 is 11.8 Å². The Morgan fingerprint density at radius 3 is 2.41 bits per heavy atom. The van der Waals surface area contributed by atoms with E-state index in [2.05, 4.69) is 29.4 Å². The van der Waals surface area contributed by atoms with Gasteiger partial charge in [0.15, 0.2) is 0 Å². The minimum absolute atomic E-state index is 0.104. The van der Waals surface area contributed by atoms with Crippen LogP contribution in [0.5, 0.6) is 0 Å². The Hall–Kier alpha value is -2.60. The number of nitrogens with zero attached hydrogens (tertiary/aromatic N) is 2. The van der Waals surface area contributed by atoms with Crippen LogP contribution in [0.25, 0.3) is 11.5 Å². The highest BCUT2D eigenvalue weighted by Crippen LogP contribution is 2.28. The first-order chi connectivity index (χ1) is 12.9. The second kappa shape index (κ2) is 8.39. The van der Waals surface area contributed by atoms with Crippen molar-refractivity contribution < 1.29 is 9.21 Å². The lowest BCUT2D eigenvalue weighted by atomic mass is 10.0. The molecule has 0 aliphatic rings. The number of thioether (sulfide) groups is 1. The van der Waals surface area contributed by atoms with Gasteiger partial charge in [0, 0.05) is 11.3 Å². The lowest BCUT2D eigenvalue weighted by Crippen LogP contribution is -2.22. The molecular weight excluding hydrogens is 358 g/mol. The van der Waals surface area contributed by atoms with Gasteiger partial charge in [0.25, 0.3) is 5.22 Å². The maximum absolute atomic E-state index is 12.4. The molecule has 1 atom stereocenters. The minimum atomic E-state index is -0.361. The first-order valence-electron chi connectivity index (χ1n) is 8.91. The molecule has 0 radical (unpaired) electrons. The summed E-state index contributed by atoms with van der Waals surface area (Å²) in [6, 6.07) is 15.7. The van der Waals surface area contributed by atoms with E-state index < -0.39 is 0 Å². The van der Waals surface area contributed by atoms with Crippen molar-refractivity contribution in [1.29, 1.82) is 0 Å². The van der Waals surface area contributed by atoms with Crippen LogP contribution in [0.2, 0.25) is 0 Å². The van der Waals surface area contributed by atoms with Crippen LogP contribution in [-0.2, 0) is 4.79 Å². The van der Waals surface area contributed by atoms with Crippen molar-refractivity contribution in [3.63, 3.8) is 0 Å². The van der Waals surface area contributed by atoms with Crippen molar-refractivity contribution in [2.75, 3.05) is 5.32 Å². The minimum Gasteiger partial charge on any atom is -0.411 e. The Kier molecular flexibility index (Phi) is 5.96. The number of aromatic nitrogens is 2. The molecule has 0 saturated heterocycles. The van der Waals surface area contributed by atoms with Gasteiger partial charge in [-0.2, -0.15) is 0 Å². The van der Waals surface area contributed by atoms with Gasteiger partial charge in [0.2, 0.25) is 11.8 Å². The summed E-state index contributed by atoms with van der Waals surface area (Å²) < 4.78 is 5.72. The number of nitrogens with one attached hydrogen (secondary N) is 1. The van der Waals surface area contributed by atoms with Gasteiger partial charge in [-0.15, -0.1) is 10.2 Å². The Morgan fingerprint density at radius 1 is 1.04 bits per heavy atom. The van der Waals surface area contributed by atoms with E-state index in [1.807, 2.05) is 62.4 Å². The largest absolute Gasteiger partial charge is 0.411 e. The van der Waals surface area contributed by atoms with E-state index in [0.717, 1.165) is 16.8 Å². The molecule has 3 aromatic rings. The van der Waals surface area contributed by atoms with Crippen molar-refractivity contribution >= 4 is 23.4 Å². The Labute approximate surface area is 163 Å². The maximum atomic E-state index is 12.4. The van der Waals surface area contributed by atoms with Crippen LogP contribution < -0.4 is 5.32 Å². The number of hydrogen-bond acceptors (Lipinski definition) is 5. The molecule has 0 spiro atoms. The number of benzene rings is 2. The summed E-state index contributed by atoms with van der Waals surface area (Å²) in [6.45, 7) is 8.09. The average molecular weight is 382 g/mol. The smallest absolute Gasteiger partial charge is 0.277 e. The first kappa shape index (κ1) is 19.2. The first-order valence-corrected chi connectivity index (χ1v) is 9.79. The number of anilines is 1. The molecule has 140 valence electrons. The SMILES string of the molecule is Cc1ccccc1-c1nnc(S[C@@H](C)C(=O)Nc2ccc(C(C)C)cc2)o1. The summed E-state index contributed by atoms with van der Waals surface area (Å²) >= 11 is 1.25. The third-order valence-electron chi connectivity index (χ3n) is 4.27. The zero-order valence-corrected chi connectivity index (χ0v) is 16.7. The second-order valence-electron chi connectivity index (χ2n) is 6.71. The average Bonchev–Trinajstić information content (AvgIpc) is 3.10. The molecule has 2 aromatic carbocycles. The number of hydrogen-bond donors (Lipinski definition) is 1. The number of carbonyl (C=O) groups excluding carboxylic acids is 1. The van der Waals surface area contributed by atoms with Crippen LogP contribution in [0.1, 0.15) is 37.8 Å². The molecule has 0 saturated carbocycles. The van der Waals surface area contributed by atoms with Crippen molar-refractivity contribution in [2.45, 2.75) is 44.1 Å². The Morgan fingerprint density at radius 2 is 1.74 bits per heavy atom. The zero-order chi connectivity index (χ0) is 19.4. The summed E-state index contributed by atoms with van der Waals surface area (Å²) in [5, 5.41) is 11.1. The van der Waals surface area contributed by atoms with Gasteiger partial charge in [0.05, 0.1) is 5.25 Å². The highest BCUT2D eigenvalue weighted by Gasteiger charge is 2.19. The predicted octanol–water partition coefficient (Wildman–Crippen LogP) is 5.29. The summed E-state index contributed by atoms with van der Waals surface area (Å²) in [4.78, 5) is 12.4. The van der Waals surface area contributed by atoms with E-state index in [9.17, 15) is 4.79 Å². The van der Waals surface area contributed by atoms with Gasteiger partial charge in [-0.25, -0.2) is 0 Å². The van der Waals surface area contributed by atoms with E-state index in [1.165, 1.54) is 17.3 Å². The van der Waals surface area contributed by atoms with E-state index in [0.29, 0.717) is 17.0 Å². The van der Waals surface area contributed by atoms with Crippen molar-refractivity contribution in [3.8, 4) is 11.5 Å². The number of carbonyl (C=O) groups is 1. The standard InChI is InChI=1S/C21H23N3O2S/c1-13(2)16-9-11-17(12-10-16)22-19(25)15(4)27-21-24-23-20(26-21)18-8-6-5-7-14(18)3/h5-13,15H,1-4H3,(H,22,25)/t15-/m0/s1. The second-order valence-corrected chi connectivity index (χ2v) is 8.01. The van der Waals surface area contributed by atoms with E-state index in [-0.39, 0.29) is 11.2 Å². The van der Waals surface area contributed by atoms with Crippen LogP contribution in [0.15, 0.2) is 58.2 Å². The Balaban J connectivity index is 1.62. The number of amides is 1. The van der Waals surface area contributed by atoms with E-state index >= 15 is 0 Å². The third kappa shape index (κ3) is 4.77. The van der Waals surface area contributed by atoms with E-state index in [1.54, 1.807) is 0 Å². The molecule has 0 unspecified atom stereocenters. The molecule has 0 aliphatic carbocycles. The molecule has 1 heterocycles. The fraction of sp³-hybridized carbons (Fsp3) is 0.286. The molecule has 6 heteroatoms. The number of aryl methyl sites for hydroxylation is 1. The van der Waals surface area contributed by atoms with Gasteiger partial charge in [-0.05, 0) is 49.1 Å². The molecule has 0 aliphatic heterocycles. The van der Waals surface area contributed by atoms with Crippen molar-refractivity contribution in [3.05, 3.63) is 59.7 Å². The summed E-state index contributed by atoms with van der Waals surface area (Å²) in [5.41, 5.74) is 3.99. The molecule has 1 amide bonds. The summed E-state index contributed by atoms with van der Waals surface area (Å²) in [6.07, 6.45) is 0. The summed E-state index contributed by atoms with van der Waals surface area (Å²) in [5.74, 6) is 0.824. The van der Waals surface area contributed by atoms with Gasteiger partial charge in [0.1, 0.15) is 0 Å². The van der Waals surface area contributed by atoms with Crippen molar-refractivity contribution in [2.24, 2.45) is 0 Å². The van der Waals surface area contributed by atoms with Crippen LogP contribution in [0.4, 0.5) is 5.69 Å². The fourth-order valence-corrected chi connectivity index (χ4v) is 3.26. The molecule has 1 aromatic heterocycles. The lowest BCUT2D eigenvalue weighted by Gasteiger charge is -2.11. The zero-order valence-electron chi connectivity index (χ0n) is 15.9. The highest BCUT2D eigenvalue weighted by molar-refractivity contribution is 8.00. The lowest BCUT2D eigenvalue weighted by molar-refractivity contribution is -0.115. The molecule has 5 nitrogen and oxygen atoms in total. The third-order valence-corrected chi connectivity index (χ3v) is 5.21. The van der Waals surface area contributed by atoms with Gasteiger partial charge in [-0.3, -0.25) is 4.79 Å². The Bertz CT molecular complexity index is 919. The predicted molar refractivity (Wildman–Crippen MR) is 109 cm³/mol. The van der Waals surface area contributed by atoms with Crippen LogP contribution in [-0.4, -0.2) is 21.4 Å². The molecule has 1 N–H and O–H groups in total. The molecular formula is C21H23N3O2S. The van der Waals surface area contributed by atoms with E-state index in [4.69, 9.17) is 4.42 Å².